The summed E-state index contributed by atoms with van der Waals surface area (Å²) in [6.45, 7) is 4.57. The zero-order valence-electron chi connectivity index (χ0n) is 8.73. The Morgan fingerprint density at radius 2 is 2.27 bits per heavy atom. The molecule has 0 saturated carbocycles. The minimum Gasteiger partial charge on any atom is -0.382 e. The Labute approximate surface area is 90.2 Å². The summed E-state index contributed by atoms with van der Waals surface area (Å²) in [5, 5.41) is 3.48. The number of anilines is 1. The van der Waals surface area contributed by atoms with E-state index in [1.807, 2.05) is 18.2 Å². The average molecular weight is 204 g/mol. The third-order valence-corrected chi connectivity index (χ3v) is 2.63. The molecule has 0 spiro atoms. The Bertz CT molecular complexity index is 313. The van der Waals surface area contributed by atoms with Crippen molar-refractivity contribution in [2.75, 3.05) is 11.9 Å². The molecule has 1 aromatic rings. The molecule has 2 heterocycles. The SMILES string of the molecule is C=C[C@@H]1C[C@@H](Nc2ccncc2)CCO1. The summed E-state index contributed by atoms with van der Waals surface area (Å²) >= 11 is 0. The van der Waals surface area contributed by atoms with E-state index in [4.69, 9.17) is 4.74 Å². The van der Waals surface area contributed by atoms with Gasteiger partial charge in [-0.2, -0.15) is 0 Å². The van der Waals surface area contributed by atoms with E-state index in [1.165, 1.54) is 0 Å². The van der Waals surface area contributed by atoms with Crippen molar-refractivity contribution in [2.24, 2.45) is 0 Å². The van der Waals surface area contributed by atoms with E-state index in [9.17, 15) is 0 Å². The summed E-state index contributed by atoms with van der Waals surface area (Å²) in [6.07, 6.45) is 7.70. The van der Waals surface area contributed by atoms with Gasteiger partial charge in [0.05, 0.1) is 6.10 Å². The van der Waals surface area contributed by atoms with Crippen LogP contribution in [0.15, 0.2) is 37.2 Å². The number of ether oxygens (including phenoxy) is 1. The summed E-state index contributed by atoms with van der Waals surface area (Å²) in [7, 11) is 0. The highest BCUT2D eigenvalue weighted by Gasteiger charge is 2.19. The molecule has 1 aliphatic heterocycles. The van der Waals surface area contributed by atoms with Gasteiger partial charge in [0.1, 0.15) is 0 Å². The second-order valence-electron chi connectivity index (χ2n) is 3.75. The van der Waals surface area contributed by atoms with Crippen LogP contribution in [-0.4, -0.2) is 23.7 Å². The fourth-order valence-corrected chi connectivity index (χ4v) is 1.81. The monoisotopic (exact) mass is 204 g/mol. The summed E-state index contributed by atoms with van der Waals surface area (Å²) in [4.78, 5) is 3.99. The van der Waals surface area contributed by atoms with Crippen LogP contribution in [0.3, 0.4) is 0 Å². The van der Waals surface area contributed by atoms with Gasteiger partial charge in [0.15, 0.2) is 0 Å². The van der Waals surface area contributed by atoms with Crippen LogP contribution >= 0.6 is 0 Å². The van der Waals surface area contributed by atoms with Crippen LogP contribution in [0.1, 0.15) is 12.8 Å². The van der Waals surface area contributed by atoms with Crippen LogP contribution in [-0.2, 0) is 4.74 Å². The molecule has 1 aliphatic rings. The molecule has 80 valence electrons. The molecule has 1 fully saturated rings. The molecule has 0 bridgehead atoms. The predicted molar refractivity (Wildman–Crippen MR) is 60.8 cm³/mol. The van der Waals surface area contributed by atoms with Gasteiger partial charge in [-0.15, -0.1) is 6.58 Å². The van der Waals surface area contributed by atoms with Crippen LogP contribution in [0.25, 0.3) is 0 Å². The highest BCUT2D eigenvalue weighted by molar-refractivity contribution is 5.41. The maximum absolute atomic E-state index is 5.52. The van der Waals surface area contributed by atoms with Crippen molar-refractivity contribution in [3.63, 3.8) is 0 Å². The van der Waals surface area contributed by atoms with Crippen molar-refractivity contribution < 1.29 is 4.74 Å². The minimum atomic E-state index is 0.193. The first kappa shape index (κ1) is 10.2. The van der Waals surface area contributed by atoms with Crippen LogP contribution in [0, 0.1) is 0 Å². The smallest absolute Gasteiger partial charge is 0.0772 e. The summed E-state index contributed by atoms with van der Waals surface area (Å²) in [5.41, 5.74) is 1.12. The molecule has 1 aromatic heterocycles. The Morgan fingerprint density at radius 3 is 3.00 bits per heavy atom. The maximum atomic E-state index is 5.52. The first-order chi connectivity index (χ1) is 7.38. The number of pyridine rings is 1. The van der Waals surface area contributed by atoms with E-state index < -0.39 is 0 Å². The normalized spacial score (nSPS) is 25.9. The van der Waals surface area contributed by atoms with Crippen molar-refractivity contribution >= 4 is 5.69 Å². The topological polar surface area (TPSA) is 34.2 Å². The quantitative estimate of drug-likeness (QED) is 0.767. The van der Waals surface area contributed by atoms with Gasteiger partial charge in [0, 0.05) is 30.7 Å². The number of aromatic nitrogens is 1. The average Bonchev–Trinajstić information content (AvgIpc) is 2.31. The molecule has 2 rings (SSSR count). The lowest BCUT2D eigenvalue weighted by molar-refractivity contribution is 0.0412. The Balaban J connectivity index is 1.92. The Kier molecular flexibility index (Phi) is 3.35. The molecule has 15 heavy (non-hydrogen) atoms. The highest BCUT2D eigenvalue weighted by Crippen LogP contribution is 2.18. The number of hydrogen-bond donors (Lipinski definition) is 1. The first-order valence-electron chi connectivity index (χ1n) is 5.29. The van der Waals surface area contributed by atoms with E-state index in [0.29, 0.717) is 6.04 Å². The molecule has 0 unspecified atom stereocenters. The van der Waals surface area contributed by atoms with Crippen molar-refractivity contribution in [1.82, 2.24) is 4.98 Å². The third kappa shape index (κ3) is 2.80. The number of nitrogens with one attached hydrogen (secondary N) is 1. The largest absolute Gasteiger partial charge is 0.382 e. The van der Waals surface area contributed by atoms with Gasteiger partial charge in [-0.1, -0.05) is 6.08 Å². The van der Waals surface area contributed by atoms with Crippen LogP contribution < -0.4 is 5.32 Å². The minimum absolute atomic E-state index is 0.193. The van der Waals surface area contributed by atoms with E-state index >= 15 is 0 Å². The second-order valence-corrected chi connectivity index (χ2v) is 3.75. The van der Waals surface area contributed by atoms with E-state index in [0.717, 1.165) is 25.1 Å². The van der Waals surface area contributed by atoms with Crippen molar-refractivity contribution in [3.05, 3.63) is 37.2 Å². The van der Waals surface area contributed by atoms with Gasteiger partial charge in [-0.3, -0.25) is 4.98 Å². The number of hydrogen-bond acceptors (Lipinski definition) is 3. The summed E-state index contributed by atoms with van der Waals surface area (Å²) < 4.78 is 5.52. The summed E-state index contributed by atoms with van der Waals surface area (Å²) in [5.74, 6) is 0. The first-order valence-corrected chi connectivity index (χ1v) is 5.29. The van der Waals surface area contributed by atoms with E-state index in [2.05, 4.69) is 16.9 Å². The van der Waals surface area contributed by atoms with Gasteiger partial charge >= 0.3 is 0 Å². The molecule has 2 atom stereocenters. The van der Waals surface area contributed by atoms with Crippen molar-refractivity contribution in [3.8, 4) is 0 Å². The van der Waals surface area contributed by atoms with Gasteiger partial charge in [-0.05, 0) is 25.0 Å². The fourth-order valence-electron chi connectivity index (χ4n) is 1.81. The molecule has 1 saturated heterocycles. The third-order valence-electron chi connectivity index (χ3n) is 2.63. The zero-order chi connectivity index (χ0) is 10.5. The molecular formula is C12H16N2O. The lowest BCUT2D eigenvalue weighted by atomic mass is 10.0. The second kappa shape index (κ2) is 4.94. The molecule has 3 nitrogen and oxygen atoms in total. The van der Waals surface area contributed by atoms with Crippen LogP contribution in [0.5, 0.6) is 0 Å². The van der Waals surface area contributed by atoms with Crippen LogP contribution in [0.4, 0.5) is 5.69 Å². The Hall–Kier alpha value is -1.35. The molecule has 0 aromatic carbocycles. The summed E-state index contributed by atoms with van der Waals surface area (Å²) in [6, 6.07) is 4.45. The number of nitrogens with zero attached hydrogens (tertiary/aromatic N) is 1. The zero-order valence-corrected chi connectivity index (χ0v) is 8.73. The lowest BCUT2D eigenvalue weighted by Crippen LogP contribution is -2.32. The predicted octanol–water partition coefficient (Wildman–Crippen LogP) is 2.23. The Morgan fingerprint density at radius 1 is 1.47 bits per heavy atom. The van der Waals surface area contributed by atoms with Gasteiger partial charge < -0.3 is 10.1 Å². The van der Waals surface area contributed by atoms with Crippen LogP contribution in [0.2, 0.25) is 0 Å². The van der Waals surface area contributed by atoms with Gasteiger partial charge in [0.25, 0.3) is 0 Å². The molecule has 1 N–H and O–H groups in total. The molecule has 3 heteroatoms. The molecular weight excluding hydrogens is 188 g/mol. The van der Waals surface area contributed by atoms with Crippen molar-refractivity contribution in [1.29, 1.82) is 0 Å². The van der Waals surface area contributed by atoms with Crippen molar-refractivity contribution in [2.45, 2.75) is 25.0 Å². The van der Waals surface area contributed by atoms with E-state index in [1.54, 1.807) is 12.4 Å². The number of rotatable bonds is 3. The lowest BCUT2D eigenvalue weighted by Gasteiger charge is -2.29. The maximum Gasteiger partial charge on any atom is 0.0772 e. The molecule has 0 radical (unpaired) electrons. The van der Waals surface area contributed by atoms with E-state index in [-0.39, 0.29) is 6.10 Å². The molecule has 0 aliphatic carbocycles. The fraction of sp³-hybridized carbons (Fsp3) is 0.417. The van der Waals surface area contributed by atoms with Gasteiger partial charge in [-0.25, -0.2) is 0 Å². The standard InChI is InChI=1S/C12H16N2O/c1-2-12-9-11(5-8-15-12)14-10-3-6-13-7-4-10/h2-4,6-7,11-12H,1,5,8-9H2,(H,13,14)/t11-,12+/m0/s1. The van der Waals surface area contributed by atoms with Gasteiger partial charge in [0.2, 0.25) is 0 Å². The molecule has 0 amide bonds. The highest BCUT2D eigenvalue weighted by atomic mass is 16.5.